The highest BCUT2D eigenvalue weighted by Gasteiger charge is 2.06. The predicted octanol–water partition coefficient (Wildman–Crippen LogP) is 1.17. The maximum absolute atomic E-state index is 5.67. The molecule has 0 aliphatic rings. The number of rotatable bonds is 1. The van der Waals surface area contributed by atoms with Crippen LogP contribution in [0.4, 0.5) is 5.82 Å². The maximum atomic E-state index is 5.67. The first-order chi connectivity index (χ1) is 7.08. The molecule has 2 heterocycles. The van der Waals surface area contributed by atoms with E-state index in [1.165, 1.54) is 0 Å². The fraction of sp³-hybridized carbons (Fsp3) is 0.300. The number of anilines is 1. The van der Waals surface area contributed by atoms with Gasteiger partial charge in [0.25, 0.3) is 0 Å². The van der Waals surface area contributed by atoms with Crippen LogP contribution in [0.2, 0.25) is 0 Å². The third-order valence-electron chi connectivity index (χ3n) is 2.34. The monoisotopic (exact) mass is 203 g/mol. The van der Waals surface area contributed by atoms with E-state index in [-0.39, 0.29) is 0 Å². The number of nitrogen functional groups attached to an aromatic ring is 1. The molecule has 0 amide bonds. The fourth-order valence-corrected chi connectivity index (χ4v) is 1.43. The first kappa shape index (κ1) is 9.64. The summed E-state index contributed by atoms with van der Waals surface area (Å²) in [6.07, 6.45) is 1.74. The molecule has 0 aliphatic heterocycles. The maximum Gasteiger partial charge on any atom is 0.143 e. The lowest BCUT2D eigenvalue weighted by molar-refractivity contribution is 0.914. The first-order valence-corrected chi connectivity index (χ1v) is 4.70. The van der Waals surface area contributed by atoms with Crippen LogP contribution in [0.1, 0.15) is 17.2 Å². The summed E-state index contributed by atoms with van der Waals surface area (Å²) >= 11 is 0. The molecule has 2 N–H and O–H groups in total. The third-order valence-corrected chi connectivity index (χ3v) is 2.34. The zero-order chi connectivity index (χ0) is 11.0. The van der Waals surface area contributed by atoms with E-state index >= 15 is 0 Å². The van der Waals surface area contributed by atoms with Crippen LogP contribution in [-0.4, -0.2) is 19.5 Å². The molecule has 5 heteroatoms. The van der Waals surface area contributed by atoms with Gasteiger partial charge in [0.1, 0.15) is 23.8 Å². The van der Waals surface area contributed by atoms with Crippen LogP contribution in [0.5, 0.6) is 0 Å². The predicted molar refractivity (Wildman–Crippen MR) is 57.8 cm³/mol. The van der Waals surface area contributed by atoms with Gasteiger partial charge >= 0.3 is 0 Å². The van der Waals surface area contributed by atoms with Crippen molar-refractivity contribution in [2.75, 3.05) is 5.73 Å². The van der Waals surface area contributed by atoms with Gasteiger partial charge in [-0.3, -0.25) is 4.57 Å². The fourth-order valence-electron chi connectivity index (χ4n) is 1.43. The van der Waals surface area contributed by atoms with Gasteiger partial charge < -0.3 is 5.73 Å². The molecule has 0 spiro atoms. The number of nitrogens with two attached hydrogens (primary N) is 1. The summed E-state index contributed by atoms with van der Waals surface area (Å²) in [5.74, 6) is 1.90. The molecule has 2 aromatic heterocycles. The highest BCUT2D eigenvalue weighted by molar-refractivity contribution is 5.38. The highest BCUT2D eigenvalue weighted by Crippen LogP contribution is 2.13. The van der Waals surface area contributed by atoms with E-state index in [9.17, 15) is 0 Å². The molecule has 0 unspecified atom stereocenters. The van der Waals surface area contributed by atoms with Crippen molar-refractivity contribution in [1.29, 1.82) is 0 Å². The van der Waals surface area contributed by atoms with Crippen LogP contribution in [0.25, 0.3) is 5.82 Å². The quantitative estimate of drug-likeness (QED) is 0.755. The normalized spacial score (nSPS) is 10.6. The average Bonchev–Trinajstić information content (AvgIpc) is 2.46. The Morgan fingerprint density at radius 3 is 2.47 bits per heavy atom. The Bertz CT molecular complexity index is 480. The highest BCUT2D eigenvalue weighted by atomic mass is 15.1. The molecule has 0 radical (unpaired) electrons. The van der Waals surface area contributed by atoms with Gasteiger partial charge in [-0.25, -0.2) is 15.0 Å². The lowest BCUT2D eigenvalue weighted by atomic mass is 10.4. The smallest absolute Gasteiger partial charge is 0.143 e. The standard InChI is InChI=1S/C10H13N5/c1-6-7(2)15(5-12-6)10-4-9(11)13-8(3)14-10/h4-5H,1-3H3,(H2,11,13,14). The van der Waals surface area contributed by atoms with Crippen molar-refractivity contribution in [2.45, 2.75) is 20.8 Å². The van der Waals surface area contributed by atoms with Crippen molar-refractivity contribution >= 4 is 5.82 Å². The molecule has 2 rings (SSSR count). The van der Waals surface area contributed by atoms with Gasteiger partial charge in [-0.05, 0) is 20.8 Å². The van der Waals surface area contributed by atoms with E-state index in [1.807, 2.05) is 25.3 Å². The molecular formula is C10H13N5. The van der Waals surface area contributed by atoms with E-state index in [0.29, 0.717) is 11.6 Å². The molecule has 0 saturated carbocycles. The molecule has 0 saturated heterocycles. The van der Waals surface area contributed by atoms with Crippen molar-refractivity contribution in [3.8, 4) is 5.82 Å². The van der Waals surface area contributed by atoms with Crippen LogP contribution in [-0.2, 0) is 0 Å². The zero-order valence-electron chi connectivity index (χ0n) is 9.02. The van der Waals surface area contributed by atoms with Crippen LogP contribution < -0.4 is 5.73 Å². The Morgan fingerprint density at radius 2 is 1.93 bits per heavy atom. The van der Waals surface area contributed by atoms with Crippen LogP contribution in [0.3, 0.4) is 0 Å². The molecule has 0 aromatic carbocycles. The number of aryl methyl sites for hydroxylation is 2. The summed E-state index contributed by atoms with van der Waals surface area (Å²) < 4.78 is 1.90. The minimum atomic E-state index is 0.475. The van der Waals surface area contributed by atoms with Gasteiger partial charge in [0.15, 0.2) is 0 Å². The van der Waals surface area contributed by atoms with E-state index < -0.39 is 0 Å². The summed E-state index contributed by atoms with van der Waals surface area (Å²) in [5.41, 5.74) is 7.72. The van der Waals surface area contributed by atoms with E-state index in [2.05, 4.69) is 15.0 Å². The van der Waals surface area contributed by atoms with Gasteiger partial charge in [-0.15, -0.1) is 0 Å². The zero-order valence-corrected chi connectivity index (χ0v) is 9.02. The Kier molecular flexibility index (Phi) is 2.15. The Balaban J connectivity index is 2.58. The summed E-state index contributed by atoms with van der Waals surface area (Å²) in [6, 6.07) is 1.74. The molecule has 5 nitrogen and oxygen atoms in total. The minimum Gasteiger partial charge on any atom is -0.384 e. The number of nitrogens with zero attached hydrogens (tertiary/aromatic N) is 4. The number of aromatic nitrogens is 4. The van der Waals surface area contributed by atoms with E-state index in [0.717, 1.165) is 17.2 Å². The Morgan fingerprint density at radius 1 is 1.20 bits per heavy atom. The average molecular weight is 203 g/mol. The number of hydrogen-bond donors (Lipinski definition) is 1. The number of imidazole rings is 1. The SMILES string of the molecule is Cc1nc(N)cc(-n2cnc(C)c2C)n1. The summed E-state index contributed by atoms with van der Waals surface area (Å²) in [6.45, 7) is 5.78. The lowest BCUT2D eigenvalue weighted by Crippen LogP contribution is -2.04. The minimum absolute atomic E-state index is 0.475. The molecule has 2 aromatic rings. The molecule has 15 heavy (non-hydrogen) atoms. The molecular weight excluding hydrogens is 190 g/mol. The van der Waals surface area contributed by atoms with Crippen molar-refractivity contribution in [2.24, 2.45) is 0 Å². The summed E-state index contributed by atoms with van der Waals surface area (Å²) in [4.78, 5) is 12.6. The van der Waals surface area contributed by atoms with Crippen LogP contribution in [0, 0.1) is 20.8 Å². The largest absolute Gasteiger partial charge is 0.384 e. The van der Waals surface area contributed by atoms with Gasteiger partial charge in [0.05, 0.1) is 5.69 Å². The van der Waals surface area contributed by atoms with Crippen molar-refractivity contribution < 1.29 is 0 Å². The lowest BCUT2D eigenvalue weighted by Gasteiger charge is -2.05. The molecule has 0 aliphatic carbocycles. The Hall–Kier alpha value is -1.91. The molecule has 0 fully saturated rings. The molecule has 78 valence electrons. The van der Waals surface area contributed by atoms with Gasteiger partial charge in [-0.1, -0.05) is 0 Å². The van der Waals surface area contributed by atoms with Crippen LogP contribution in [0.15, 0.2) is 12.4 Å². The second-order valence-corrected chi connectivity index (χ2v) is 3.48. The summed E-state index contributed by atoms with van der Waals surface area (Å²) in [7, 11) is 0. The topological polar surface area (TPSA) is 69.6 Å². The van der Waals surface area contributed by atoms with Crippen molar-refractivity contribution in [1.82, 2.24) is 19.5 Å². The van der Waals surface area contributed by atoms with E-state index in [4.69, 9.17) is 5.73 Å². The third kappa shape index (κ3) is 1.68. The van der Waals surface area contributed by atoms with Crippen molar-refractivity contribution in [3.05, 3.63) is 29.6 Å². The number of hydrogen-bond acceptors (Lipinski definition) is 4. The van der Waals surface area contributed by atoms with Gasteiger partial charge in [0, 0.05) is 11.8 Å². The molecule has 0 bridgehead atoms. The second-order valence-electron chi connectivity index (χ2n) is 3.48. The summed E-state index contributed by atoms with van der Waals surface area (Å²) in [5, 5.41) is 0. The van der Waals surface area contributed by atoms with E-state index in [1.54, 1.807) is 12.4 Å². The van der Waals surface area contributed by atoms with Crippen molar-refractivity contribution in [3.63, 3.8) is 0 Å². The molecule has 0 atom stereocenters. The van der Waals surface area contributed by atoms with Gasteiger partial charge in [0.2, 0.25) is 0 Å². The first-order valence-electron chi connectivity index (χ1n) is 4.70. The van der Waals surface area contributed by atoms with Crippen LogP contribution >= 0.6 is 0 Å². The Labute approximate surface area is 88.0 Å². The second kappa shape index (κ2) is 3.34. The van der Waals surface area contributed by atoms with Gasteiger partial charge in [-0.2, -0.15) is 0 Å².